The van der Waals surface area contributed by atoms with Gasteiger partial charge in [0.2, 0.25) is 5.91 Å². The fourth-order valence-corrected chi connectivity index (χ4v) is 1.57. The summed E-state index contributed by atoms with van der Waals surface area (Å²) >= 11 is 0. The molecule has 1 atom stereocenters. The summed E-state index contributed by atoms with van der Waals surface area (Å²) in [5.74, 6) is 0.664. The van der Waals surface area contributed by atoms with E-state index in [1.54, 1.807) is 11.6 Å². The van der Waals surface area contributed by atoms with Crippen LogP contribution in [0.1, 0.15) is 26.5 Å². The van der Waals surface area contributed by atoms with E-state index in [-0.39, 0.29) is 11.9 Å². The number of hydrogen-bond donors (Lipinski definition) is 3. The number of nitrogens with one attached hydrogen (secondary N) is 2. The van der Waals surface area contributed by atoms with Crippen LogP contribution in [0.3, 0.4) is 0 Å². The molecule has 0 aliphatic carbocycles. The Labute approximate surface area is 102 Å². The van der Waals surface area contributed by atoms with Gasteiger partial charge in [0.15, 0.2) is 0 Å². The minimum absolute atomic E-state index is 0.0478. The molecule has 1 heterocycles. The van der Waals surface area contributed by atoms with Crippen LogP contribution in [0.4, 0.5) is 11.5 Å². The predicted octanol–water partition coefficient (Wildman–Crippen LogP) is 0.730. The lowest BCUT2D eigenvalue weighted by atomic mass is 10.3. The minimum atomic E-state index is -0.335. The highest BCUT2D eigenvalue weighted by Gasteiger charge is 2.17. The molecular weight excluding hydrogens is 218 g/mol. The second-order valence-electron chi connectivity index (χ2n) is 3.92. The average molecular weight is 239 g/mol. The van der Waals surface area contributed by atoms with Gasteiger partial charge in [-0.3, -0.25) is 4.79 Å². The normalized spacial score (nSPS) is 12.2. The van der Waals surface area contributed by atoms with Crippen LogP contribution in [0.5, 0.6) is 0 Å². The largest absolute Gasteiger partial charge is 0.394 e. The maximum absolute atomic E-state index is 11.6. The molecule has 1 unspecified atom stereocenters. The molecule has 0 saturated carbocycles. The van der Waals surface area contributed by atoms with Crippen LogP contribution in [0, 0.1) is 6.92 Å². The van der Waals surface area contributed by atoms with Crippen molar-refractivity contribution in [1.29, 1.82) is 0 Å². The van der Waals surface area contributed by atoms with Gasteiger partial charge >= 0.3 is 0 Å². The van der Waals surface area contributed by atoms with Gasteiger partial charge in [-0.1, -0.05) is 0 Å². The monoisotopic (exact) mass is 239 g/mol. The van der Waals surface area contributed by atoms with Crippen LogP contribution in [-0.2, 0) is 11.3 Å². The highest BCUT2D eigenvalue weighted by molar-refractivity contribution is 5.85. The van der Waals surface area contributed by atoms with E-state index in [2.05, 4.69) is 15.7 Å². The molecule has 96 valence electrons. The standard InChI is InChI=1S/C11H21N5O/c1-5-13-11(17)8(4)14-10-9(12)7(3)15-16(10)6-2/h8,14H,5-6,12H2,1-4H3,(H,13,17). The molecular formula is C11H21N5O. The van der Waals surface area contributed by atoms with Gasteiger partial charge in [-0.2, -0.15) is 5.10 Å². The smallest absolute Gasteiger partial charge is 0.242 e. The Morgan fingerprint density at radius 3 is 2.71 bits per heavy atom. The second-order valence-corrected chi connectivity index (χ2v) is 3.92. The summed E-state index contributed by atoms with van der Waals surface area (Å²) in [6, 6.07) is -0.335. The first-order valence-corrected chi connectivity index (χ1v) is 5.88. The lowest BCUT2D eigenvalue weighted by Crippen LogP contribution is -2.38. The zero-order valence-corrected chi connectivity index (χ0v) is 10.9. The van der Waals surface area contributed by atoms with E-state index in [0.717, 1.165) is 5.69 Å². The van der Waals surface area contributed by atoms with Crippen LogP contribution < -0.4 is 16.4 Å². The molecule has 0 aromatic carbocycles. The molecule has 17 heavy (non-hydrogen) atoms. The number of nitrogens with two attached hydrogens (primary N) is 1. The summed E-state index contributed by atoms with van der Waals surface area (Å²) < 4.78 is 1.76. The summed E-state index contributed by atoms with van der Waals surface area (Å²) in [6.45, 7) is 8.85. The van der Waals surface area contributed by atoms with Crippen LogP contribution in [0.25, 0.3) is 0 Å². The van der Waals surface area contributed by atoms with E-state index >= 15 is 0 Å². The van der Waals surface area contributed by atoms with Crippen molar-refractivity contribution in [2.75, 3.05) is 17.6 Å². The van der Waals surface area contributed by atoms with Gasteiger partial charge < -0.3 is 16.4 Å². The molecule has 1 rings (SSSR count). The van der Waals surface area contributed by atoms with Gasteiger partial charge in [0, 0.05) is 13.1 Å². The highest BCUT2D eigenvalue weighted by Crippen LogP contribution is 2.22. The number of anilines is 2. The lowest BCUT2D eigenvalue weighted by molar-refractivity contribution is -0.121. The van der Waals surface area contributed by atoms with Gasteiger partial charge in [-0.15, -0.1) is 0 Å². The third-order valence-electron chi connectivity index (χ3n) is 2.57. The van der Waals surface area contributed by atoms with Gasteiger partial charge in [0.05, 0.1) is 11.4 Å². The first kappa shape index (κ1) is 13.3. The predicted molar refractivity (Wildman–Crippen MR) is 68.8 cm³/mol. The zero-order valence-electron chi connectivity index (χ0n) is 10.9. The number of rotatable bonds is 5. The van der Waals surface area contributed by atoms with Crippen molar-refractivity contribution in [2.45, 2.75) is 40.3 Å². The Balaban J connectivity index is 2.83. The average Bonchev–Trinajstić information content (AvgIpc) is 2.57. The molecule has 6 nitrogen and oxygen atoms in total. The SMILES string of the molecule is CCNC(=O)C(C)Nc1c(N)c(C)nn1CC. The van der Waals surface area contributed by atoms with Crippen molar-refractivity contribution in [1.82, 2.24) is 15.1 Å². The molecule has 4 N–H and O–H groups in total. The fraction of sp³-hybridized carbons (Fsp3) is 0.636. The molecule has 0 saturated heterocycles. The number of nitrogens with zero attached hydrogens (tertiary/aromatic N) is 2. The number of amides is 1. The number of aryl methyl sites for hydroxylation is 2. The summed E-state index contributed by atoms with van der Waals surface area (Å²) in [5.41, 5.74) is 7.30. The molecule has 1 aromatic rings. The van der Waals surface area contributed by atoms with Crippen molar-refractivity contribution in [2.24, 2.45) is 0 Å². The zero-order chi connectivity index (χ0) is 13.0. The Hall–Kier alpha value is -1.72. The lowest BCUT2D eigenvalue weighted by Gasteiger charge is -2.15. The van der Waals surface area contributed by atoms with Gasteiger partial charge in [0.1, 0.15) is 11.9 Å². The first-order valence-electron chi connectivity index (χ1n) is 5.88. The van der Waals surface area contributed by atoms with Crippen molar-refractivity contribution >= 4 is 17.4 Å². The number of carbonyl (C=O) groups excluding carboxylic acids is 1. The molecule has 0 spiro atoms. The Bertz CT molecular complexity index is 399. The molecule has 0 radical (unpaired) electrons. The number of aromatic nitrogens is 2. The van der Waals surface area contributed by atoms with Crippen molar-refractivity contribution in [3.05, 3.63) is 5.69 Å². The fourth-order valence-electron chi connectivity index (χ4n) is 1.57. The van der Waals surface area contributed by atoms with Crippen LogP contribution in [0.2, 0.25) is 0 Å². The van der Waals surface area contributed by atoms with E-state index < -0.39 is 0 Å². The van der Waals surface area contributed by atoms with Crippen LogP contribution >= 0.6 is 0 Å². The van der Waals surface area contributed by atoms with E-state index in [9.17, 15) is 4.79 Å². The first-order chi connectivity index (χ1) is 8.01. The Morgan fingerprint density at radius 1 is 1.53 bits per heavy atom. The topological polar surface area (TPSA) is 85.0 Å². The van der Waals surface area contributed by atoms with Crippen molar-refractivity contribution in [3.63, 3.8) is 0 Å². The Morgan fingerprint density at radius 2 is 2.18 bits per heavy atom. The number of hydrogen-bond acceptors (Lipinski definition) is 4. The van der Waals surface area contributed by atoms with E-state index in [1.165, 1.54) is 0 Å². The van der Waals surface area contributed by atoms with E-state index in [1.807, 2.05) is 20.8 Å². The number of carbonyl (C=O) groups is 1. The molecule has 0 aliphatic heterocycles. The number of likely N-dealkylation sites (N-methyl/N-ethyl adjacent to an activating group) is 1. The maximum Gasteiger partial charge on any atom is 0.242 e. The molecule has 6 heteroatoms. The third kappa shape index (κ3) is 2.89. The summed E-state index contributed by atoms with van der Waals surface area (Å²) in [6.07, 6.45) is 0. The van der Waals surface area contributed by atoms with Gasteiger partial charge in [0.25, 0.3) is 0 Å². The summed E-state index contributed by atoms with van der Waals surface area (Å²) in [4.78, 5) is 11.6. The van der Waals surface area contributed by atoms with E-state index in [4.69, 9.17) is 5.73 Å². The number of nitrogen functional groups attached to an aromatic ring is 1. The van der Waals surface area contributed by atoms with Crippen molar-refractivity contribution < 1.29 is 4.79 Å². The quantitative estimate of drug-likeness (QED) is 0.707. The van der Waals surface area contributed by atoms with Gasteiger partial charge in [-0.05, 0) is 27.7 Å². The van der Waals surface area contributed by atoms with Crippen LogP contribution in [-0.4, -0.2) is 28.3 Å². The highest BCUT2D eigenvalue weighted by atomic mass is 16.2. The molecule has 0 bridgehead atoms. The summed E-state index contributed by atoms with van der Waals surface area (Å²) in [5, 5.41) is 10.1. The van der Waals surface area contributed by atoms with Crippen molar-refractivity contribution in [3.8, 4) is 0 Å². The van der Waals surface area contributed by atoms with Gasteiger partial charge in [-0.25, -0.2) is 4.68 Å². The minimum Gasteiger partial charge on any atom is -0.394 e. The van der Waals surface area contributed by atoms with Crippen LogP contribution in [0.15, 0.2) is 0 Å². The molecule has 1 amide bonds. The maximum atomic E-state index is 11.6. The molecule has 1 aromatic heterocycles. The molecule has 0 aliphatic rings. The van der Waals surface area contributed by atoms with E-state index in [0.29, 0.717) is 24.6 Å². The second kappa shape index (κ2) is 5.56. The summed E-state index contributed by atoms with van der Waals surface area (Å²) in [7, 11) is 0. The Kier molecular flexibility index (Phi) is 4.37. The molecule has 0 fully saturated rings. The third-order valence-corrected chi connectivity index (χ3v) is 2.57.